The van der Waals surface area contributed by atoms with E-state index in [9.17, 15) is 0 Å². The normalized spacial score (nSPS) is 22.5. The first-order valence-electron chi connectivity index (χ1n) is 9.68. The molecule has 2 fully saturated rings. The van der Waals surface area contributed by atoms with E-state index >= 15 is 0 Å². The zero-order valence-electron chi connectivity index (χ0n) is 15.8. The molecule has 3 aliphatic rings. The molecule has 0 bridgehead atoms. The summed E-state index contributed by atoms with van der Waals surface area (Å²) < 4.78 is 2.57. The maximum Gasteiger partial charge on any atom is 0.279 e. The molecule has 0 amide bonds. The molecule has 0 spiro atoms. The second-order valence-corrected chi connectivity index (χ2v) is 8.62. The number of amidine groups is 1. The summed E-state index contributed by atoms with van der Waals surface area (Å²) in [7, 11) is 0. The fraction of sp³-hybridized carbons (Fsp3) is 0.571. The minimum absolute atomic E-state index is 0. The predicted molar refractivity (Wildman–Crippen MR) is 106 cm³/mol. The lowest BCUT2D eigenvalue weighted by Gasteiger charge is -2.40. The fourth-order valence-electron chi connectivity index (χ4n) is 4.56. The van der Waals surface area contributed by atoms with Gasteiger partial charge in [0.15, 0.2) is 0 Å². The summed E-state index contributed by atoms with van der Waals surface area (Å²) >= 11 is 6.14. The molecule has 0 N–H and O–H groups in total. The molecule has 0 saturated carbocycles. The van der Waals surface area contributed by atoms with Gasteiger partial charge in [-0.1, -0.05) is 11.6 Å². The lowest BCUT2D eigenvalue weighted by atomic mass is 9.90. The van der Waals surface area contributed by atoms with Crippen LogP contribution < -0.4 is 28.9 Å². The van der Waals surface area contributed by atoms with Crippen LogP contribution in [0.4, 0.5) is 5.69 Å². The van der Waals surface area contributed by atoms with Gasteiger partial charge in [-0.25, -0.2) is 4.90 Å². The Hall–Kier alpha value is -0.750. The summed E-state index contributed by atoms with van der Waals surface area (Å²) in [6.07, 6.45) is 8.81. The zero-order chi connectivity index (χ0) is 17.4. The van der Waals surface area contributed by atoms with Gasteiger partial charge in [0, 0.05) is 36.3 Å². The minimum Gasteiger partial charge on any atom is -1.00 e. The maximum atomic E-state index is 6.14. The van der Waals surface area contributed by atoms with E-state index in [4.69, 9.17) is 11.6 Å². The van der Waals surface area contributed by atoms with Crippen LogP contribution in [0, 0.1) is 0 Å². The lowest BCUT2D eigenvalue weighted by Crippen LogP contribution is -3.00. The quantitative estimate of drug-likeness (QED) is 0.464. The average Bonchev–Trinajstić information content (AvgIpc) is 3.28. The van der Waals surface area contributed by atoms with E-state index < -0.39 is 0 Å². The molecule has 0 atom stereocenters. The third kappa shape index (κ3) is 3.91. The largest absolute Gasteiger partial charge is 1.00 e. The number of hydrogen-bond acceptors (Lipinski definition) is 1. The first kappa shape index (κ1) is 20.0. The Bertz CT molecular complexity index is 694. The van der Waals surface area contributed by atoms with Gasteiger partial charge < -0.3 is 28.9 Å². The first-order chi connectivity index (χ1) is 12.0. The Morgan fingerprint density at radius 2 is 1.58 bits per heavy atom. The number of benzene rings is 1. The van der Waals surface area contributed by atoms with Crippen LogP contribution >= 0.6 is 11.6 Å². The Labute approximate surface area is 179 Å². The highest BCUT2D eigenvalue weighted by Crippen LogP contribution is 2.36. The van der Waals surface area contributed by atoms with Gasteiger partial charge in [0.2, 0.25) is 0 Å². The van der Waals surface area contributed by atoms with Gasteiger partial charge in [0.05, 0.1) is 13.1 Å². The van der Waals surface area contributed by atoms with E-state index in [1.165, 1.54) is 69.1 Å². The molecule has 3 aliphatic heterocycles. The van der Waals surface area contributed by atoms with Crippen molar-refractivity contribution >= 4 is 23.1 Å². The average molecular weight is 486 g/mol. The van der Waals surface area contributed by atoms with Crippen LogP contribution in [0.25, 0.3) is 0 Å². The van der Waals surface area contributed by atoms with Crippen LogP contribution in [0.1, 0.15) is 46.0 Å². The second-order valence-electron chi connectivity index (χ2n) is 8.18. The van der Waals surface area contributed by atoms with Gasteiger partial charge in [-0.15, -0.1) is 0 Å². The number of likely N-dealkylation sites (tertiary alicyclic amines) is 1. The molecule has 0 unspecified atom stereocenters. The molecule has 2 saturated heterocycles. The molecule has 1 aromatic carbocycles. The zero-order valence-corrected chi connectivity index (χ0v) is 18.8. The van der Waals surface area contributed by atoms with Crippen molar-refractivity contribution < 1.29 is 28.6 Å². The Morgan fingerprint density at radius 3 is 2.19 bits per heavy atom. The molecule has 4 rings (SSSR count). The molecule has 3 nitrogen and oxygen atoms in total. The lowest BCUT2D eigenvalue weighted by molar-refractivity contribution is -0.506. The Morgan fingerprint density at radius 1 is 0.962 bits per heavy atom. The first-order valence-corrected chi connectivity index (χ1v) is 10.1. The van der Waals surface area contributed by atoms with Gasteiger partial charge in [-0.2, -0.15) is 0 Å². The molecule has 1 aromatic rings. The summed E-state index contributed by atoms with van der Waals surface area (Å²) in [5.74, 6) is 1.37. The van der Waals surface area contributed by atoms with E-state index in [2.05, 4.69) is 46.4 Å². The monoisotopic (exact) mass is 485 g/mol. The summed E-state index contributed by atoms with van der Waals surface area (Å²) in [5, 5.41) is 0.801. The van der Waals surface area contributed by atoms with Crippen LogP contribution in [-0.2, 0) is 0 Å². The van der Waals surface area contributed by atoms with E-state index in [1.54, 1.807) is 0 Å². The maximum absolute atomic E-state index is 6.14. The van der Waals surface area contributed by atoms with Gasteiger partial charge in [-0.3, -0.25) is 4.58 Å². The van der Waals surface area contributed by atoms with Crippen molar-refractivity contribution in [2.75, 3.05) is 31.1 Å². The fourth-order valence-corrected chi connectivity index (χ4v) is 4.68. The third-order valence-corrected chi connectivity index (χ3v) is 6.02. The van der Waals surface area contributed by atoms with Crippen molar-refractivity contribution in [1.82, 2.24) is 4.90 Å². The summed E-state index contributed by atoms with van der Waals surface area (Å²) in [4.78, 5) is 5.14. The number of rotatable bonds is 2. The number of halogens is 2. The van der Waals surface area contributed by atoms with Crippen molar-refractivity contribution in [2.45, 2.75) is 51.5 Å². The predicted octanol–water partition coefficient (Wildman–Crippen LogP) is 1.52. The van der Waals surface area contributed by atoms with Gasteiger partial charge in [0.25, 0.3) is 5.84 Å². The highest BCUT2D eigenvalue weighted by molar-refractivity contribution is 6.30. The highest BCUT2D eigenvalue weighted by Gasteiger charge is 2.44. The molecule has 3 heterocycles. The molecular weight excluding hydrogens is 457 g/mol. The molecule has 0 aliphatic carbocycles. The van der Waals surface area contributed by atoms with Crippen LogP contribution in [0.3, 0.4) is 0 Å². The van der Waals surface area contributed by atoms with E-state index in [-0.39, 0.29) is 29.5 Å². The number of nitrogens with zero attached hydrogens (tertiary/aromatic N) is 3. The van der Waals surface area contributed by atoms with Crippen molar-refractivity contribution in [2.24, 2.45) is 0 Å². The van der Waals surface area contributed by atoms with E-state index in [0.717, 1.165) is 11.4 Å². The molecule has 0 radical (unpaired) electrons. The van der Waals surface area contributed by atoms with Gasteiger partial charge >= 0.3 is 0 Å². The molecule has 5 heteroatoms. The highest BCUT2D eigenvalue weighted by atomic mass is 127. The van der Waals surface area contributed by atoms with Gasteiger partial charge in [0.1, 0.15) is 11.2 Å². The van der Waals surface area contributed by atoms with Crippen molar-refractivity contribution in [3.63, 3.8) is 0 Å². The SMILES string of the molecule is CC1(C)CC(N2CCCC2)=CC(=[N+]2CCCC2)N1c1ccc(Cl)cc1.[I-]. The Balaban J connectivity index is 0.00000196. The smallest absolute Gasteiger partial charge is 0.279 e. The van der Waals surface area contributed by atoms with E-state index in [1.807, 2.05) is 12.1 Å². The van der Waals surface area contributed by atoms with Crippen LogP contribution in [0.5, 0.6) is 0 Å². The summed E-state index contributed by atoms with van der Waals surface area (Å²) in [5.41, 5.74) is 2.82. The van der Waals surface area contributed by atoms with Gasteiger partial charge in [-0.05, 0) is 63.8 Å². The standard InChI is InChI=1S/C21H29ClN3.HI/c1-21(2)16-19(23-11-3-4-12-23)15-20(24-13-5-6-14-24)25(21)18-9-7-17(22)8-10-18;/h7-10,15H,3-6,11-14,16H2,1-2H3;1H/q+1;/p-1. The second kappa shape index (κ2) is 8.09. The molecule has 0 aromatic heterocycles. The number of hydrogen-bond donors (Lipinski definition) is 0. The molecular formula is C21H29ClIN3. The van der Waals surface area contributed by atoms with Crippen LogP contribution in [0.15, 0.2) is 36.0 Å². The summed E-state index contributed by atoms with van der Waals surface area (Å²) in [6, 6.07) is 8.34. The molecule has 26 heavy (non-hydrogen) atoms. The van der Waals surface area contributed by atoms with Crippen molar-refractivity contribution in [3.05, 3.63) is 41.1 Å². The minimum atomic E-state index is 0. The topological polar surface area (TPSA) is 9.49 Å². The van der Waals surface area contributed by atoms with Crippen LogP contribution in [-0.4, -0.2) is 47.0 Å². The van der Waals surface area contributed by atoms with Crippen LogP contribution in [0.2, 0.25) is 5.02 Å². The molecule has 142 valence electrons. The number of anilines is 1. The van der Waals surface area contributed by atoms with Crippen molar-refractivity contribution in [1.29, 1.82) is 0 Å². The van der Waals surface area contributed by atoms with E-state index in [0.29, 0.717) is 0 Å². The third-order valence-electron chi connectivity index (χ3n) is 5.77. The van der Waals surface area contributed by atoms with Crippen molar-refractivity contribution in [3.8, 4) is 0 Å². The Kier molecular flexibility index (Phi) is 6.22. The summed E-state index contributed by atoms with van der Waals surface area (Å²) in [6.45, 7) is 9.52.